The van der Waals surface area contributed by atoms with Gasteiger partial charge in [-0.3, -0.25) is 0 Å². The van der Waals surface area contributed by atoms with Gasteiger partial charge in [-0.1, -0.05) is 55.8 Å². The van der Waals surface area contributed by atoms with Crippen LogP contribution in [0.4, 0.5) is 31.1 Å². The molecular weight excluding hydrogens is 542 g/mol. The second kappa shape index (κ2) is 9.74. The standard InChI is InChI=1S/C25H24F6O6S/c1-2-3-13-35-23(24(26,27)28,25(29,30)31)17-11-9-16(10-12-17)22(14-19-20(15-22)37-21(32)36-19)38(33,34)18-7-5-4-6-8-18/h4-12,19-20H,2-3,13-15H2,1H3. The van der Waals surface area contributed by atoms with Gasteiger partial charge in [0.15, 0.2) is 9.84 Å². The first kappa shape index (κ1) is 28.2. The zero-order valence-corrected chi connectivity index (χ0v) is 20.8. The fourth-order valence-electron chi connectivity index (χ4n) is 5.06. The number of fused-ring (bicyclic) bond motifs is 1. The Kier molecular flexibility index (Phi) is 7.23. The summed E-state index contributed by atoms with van der Waals surface area (Å²) in [5.41, 5.74) is -5.90. The summed E-state index contributed by atoms with van der Waals surface area (Å²) in [4.78, 5) is 11.4. The first-order valence-electron chi connectivity index (χ1n) is 11.7. The summed E-state index contributed by atoms with van der Waals surface area (Å²) in [5.74, 6) is 0. The quantitative estimate of drug-likeness (QED) is 0.215. The highest BCUT2D eigenvalue weighted by Gasteiger charge is 2.73. The number of benzene rings is 2. The van der Waals surface area contributed by atoms with Crippen LogP contribution in [0, 0.1) is 0 Å². The summed E-state index contributed by atoms with van der Waals surface area (Å²) >= 11 is 0. The van der Waals surface area contributed by atoms with Crippen LogP contribution in [-0.2, 0) is 34.4 Å². The van der Waals surface area contributed by atoms with Crippen molar-refractivity contribution < 1.29 is 53.8 Å². The van der Waals surface area contributed by atoms with Crippen LogP contribution in [-0.4, -0.2) is 45.7 Å². The lowest BCUT2D eigenvalue weighted by Gasteiger charge is -2.38. The Morgan fingerprint density at radius 2 is 1.42 bits per heavy atom. The number of hydrogen-bond acceptors (Lipinski definition) is 6. The predicted octanol–water partition coefficient (Wildman–Crippen LogP) is 6.19. The van der Waals surface area contributed by atoms with E-state index in [4.69, 9.17) is 9.47 Å². The Morgan fingerprint density at radius 3 is 1.89 bits per heavy atom. The van der Waals surface area contributed by atoms with Crippen molar-refractivity contribution in [2.24, 2.45) is 0 Å². The van der Waals surface area contributed by atoms with E-state index in [0.717, 1.165) is 12.1 Å². The summed E-state index contributed by atoms with van der Waals surface area (Å²) in [6, 6.07) is 10.2. The third kappa shape index (κ3) is 4.42. The molecule has 0 spiro atoms. The molecule has 0 aromatic heterocycles. The smallest absolute Gasteiger partial charge is 0.427 e. The minimum atomic E-state index is -5.86. The predicted molar refractivity (Wildman–Crippen MR) is 121 cm³/mol. The Morgan fingerprint density at radius 1 is 0.895 bits per heavy atom. The minimum absolute atomic E-state index is 0.0358. The van der Waals surface area contributed by atoms with Gasteiger partial charge in [-0.05, 0) is 24.1 Å². The number of hydrogen-bond donors (Lipinski definition) is 0. The average Bonchev–Trinajstić information content (AvgIpc) is 3.36. The fraction of sp³-hybridized carbons (Fsp3) is 0.480. The first-order valence-corrected chi connectivity index (χ1v) is 13.2. The molecule has 13 heteroatoms. The molecule has 208 valence electrons. The van der Waals surface area contributed by atoms with Gasteiger partial charge in [0.05, 0.1) is 4.90 Å². The van der Waals surface area contributed by atoms with Crippen LogP contribution in [0.25, 0.3) is 0 Å². The van der Waals surface area contributed by atoms with E-state index in [0.29, 0.717) is 18.6 Å². The normalized spacial score (nSPS) is 24.1. The van der Waals surface area contributed by atoms with E-state index in [9.17, 15) is 39.6 Å². The molecule has 0 amide bonds. The monoisotopic (exact) mass is 566 g/mol. The van der Waals surface area contributed by atoms with Gasteiger partial charge in [-0.15, -0.1) is 0 Å². The lowest BCUT2D eigenvalue weighted by Crippen LogP contribution is -2.56. The third-order valence-corrected chi connectivity index (χ3v) is 9.46. The van der Waals surface area contributed by atoms with Crippen molar-refractivity contribution in [3.63, 3.8) is 0 Å². The summed E-state index contributed by atoms with van der Waals surface area (Å²) in [5, 5.41) is 0. The molecule has 1 saturated heterocycles. The van der Waals surface area contributed by atoms with Crippen molar-refractivity contribution >= 4 is 16.0 Å². The molecule has 1 saturated carbocycles. The van der Waals surface area contributed by atoms with E-state index in [1.165, 1.54) is 24.3 Å². The van der Waals surface area contributed by atoms with Crippen LogP contribution in [0.3, 0.4) is 0 Å². The van der Waals surface area contributed by atoms with E-state index in [1.807, 2.05) is 0 Å². The van der Waals surface area contributed by atoms with E-state index < -0.39 is 63.1 Å². The summed E-state index contributed by atoms with van der Waals surface area (Å²) in [6.45, 7) is 0.793. The number of unbranched alkanes of at least 4 members (excludes halogenated alkanes) is 1. The molecule has 0 radical (unpaired) electrons. The van der Waals surface area contributed by atoms with Crippen LogP contribution in [0.5, 0.6) is 0 Å². The SMILES string of the molecule is CCCCOC(c1ccc(C2(S(=O)(=O)c3ccccc3)CC3OC(=O)OC3C2)cc1)(C(F)(F)F)C(F)(F)F. The maximum absolute atomic E-state index is 14.1. The molecule has 2 aromatic carbocycles. The lowest BCUT2D eigenvalue weighted by molar-refractivity contribution is -0.389. The van der Waals surface area contributed by atoms with E-state index in [2.05, 4.69) is 4.74 Å². The Labute approximate surface area is 214 Å². The highest BCUT2D eigenvalue weighted by Crippen LogP contribution is 2.55. The van der Waals surface area contributed by atoms with Gasteiger partial charge in [0.1, 0.15) is 17.0 Å². The maximum atomic E-state index is 14.1. The zero-order valence-electron chi connectivity index (χ0n) is 20.0. The van der Waals surface area contributed by atoms with Crippen molar-refractivity contribution in [3.05, 3.63) is 65.7 Å². The largest absolute Gasteiger partial charge is 0.509 e. The molecular formula is C25H24F6O6S. The van der Waals surface area contributed by atoms with Gasteiger partial charge >= 0.3 is 18.5 Å². The molecule has 38 heavy (non-hydrogen) atoms. The highest BCUT2D eigenvalue weighted by atomic mass is 32.2. The summed E-state index contributed by atoms with van der Waals surface area (Å²) in [6.07, 6.45) is -14.9. The Hall–Kier alpha value is -2.80. The minimum Gasteiger partial charge on any atom is -0.427 e. The van der Waals surface area contributed by atoms with Crippen LogP contribution in [0.1, 0.15) is 43.7 Å². The van der Waals surface area contributed by atoms with E-state index in [1.54, 1.807) is 13.0 Å². The number of sulfone groups is 1. The van der Waals surface area contributed by atoms with Gasteiger partial charge in [-0.2, -0.15) is 26.3 Å². The lowest BCUT2D eigenvalue weighted by atomic mass is 9.88. The van der Waals surface area contributed by atoms with Gasteiger partial charge in [0.25, 0.3) is 5.60 Å². The fourth-order valence-corrected chi connectivity index (χ4v) is 7.24. The molecule has 0 N–H and O–H groups in total. The molecule has 2 unspecified atom stereocenters. The number of ether oxygens (including phenoxy) is 3. The van der Waals surface area contributed by atoms with Crippen molar-refractivity contribution in [2.45, 2.75) is 72.4 Å². The number of rotatable bonds is 8. The molecule has 2 fully saturated rings. The van der Waals surface area contributed by atoms with Crippen molar-refractivity contribution in [1.29, 1.82) is 0 Å². The molecule has 1 aliphatic heterocycles. The number of alkyl halides is 6. The second-order valence-electron chi connectivity index (χ2n) is 9.24. The van der Waals surface area contributed by atoms with Crippen molar-refractivity contribution in [2.75, 3.05) is 6.61 Å². The second-order valence-corrected chi connectivity index (χ2v) is 11.5. The molecule has 1 aliphatic carbocycles. The van der Waals surface area contributed by atoms with Crippen LogP contribution in [0.15, 0.2) is 59.5 Å². The van der Waals surface area contributed by atoms with Crippen LogP contribution < -0.4 is 0 Å². The number of carbonyl (C=O) groups is 1. The zero-order chi connectivity index (χ0) is 28.0. The van der Waals surface area contributed by atoms with Crippen molar-refractivity contribution in [3.8, 4) is 0 Å². The molecule has 2 aromatic rings. The highest BCUT2D eigenvalue weighted by molar-refractivity contribution is 7.92. The summed E-state index contributed by atoms with van der Waals surface area (Å²) in [7, 11) is -4.28. The molecule has 1 heterocycles. The Balaban J connectivity index is 1.84. The van der Waals surface area contributed by atoms with E-state index >= 15 is 0 Å². The maximum Gasteiger partial charge on any atom is 0.509 e. The van der Waals surface area contributed by atoms with Crippen LogP contribution in [0.2, 0.25) is 0 Å². The third-order valence-electron chi connectivity index (χ3n) is 6.97. The van der Waals surface area contributed by atoms with E-state index in [-0.39, 0.29) is 29.7 Å². The molecule has 6 nitrogen and oxygen atoms in total. The number of halogens is 6. The van der Waals surface area contributed by atoms with Gasteiger partial charge in [0.2, 0.25) is 0 Å². The first-order chi connectivity index (χ1) is 17.7. The molecule has 4 rings (SSSR count). The topological polar surface area (TPSA) is 78.9 Å². The molecule has 2 aliphatic rings. The average molecular weight is 567 g/mol. The van der Waals surface area contributed by atoms with Gasteiger partial charge < -0.3 is 14.2 Å². The van der Waals surface area contributed by atoms with Gasteiger partial charge in [-0.25, -0.2) is 13.2 Å². The van der Waals surface area contributed by atoms with Crippen molar-refractivity contribution in [1.82, 2.24) is 0 Å². The van der Waals surface area contributed by atoms with Gasteiger partial charge in [0, 0.05) is 25.0 Å². The Bertz CT molecular complexity index is 1230. The number of carbonyl (C=O) groups excluding carboxylic acids is 1. The molecule has 0 bridgehead atoms. The van der Waals surface area contributed by atoms with Crippen LogP contribution >= 0.6 is 0 Å². The molecule has 2 atom stereocenters. The summed E-state index contributed by atoms with van der Waals surface area (Å²) < 4.78 is 125.